The first kappa shape index (κ1) is 29.2. The highest BCUT2D eigenvalue weighted by Crippen LogP contribution is 2.23. The molecule has 4 nitrogen and oxygen atoms in total. The van der Waals surface area contributed by atoms with Gasteiger partial charge in [-0.2, -0.15) is 0 Å². The van der Waals surface area contributed by atoms with E-state index in [4.69, 9.17) is 0 Å². The zero-order chi connectivity index (χ0) is 25.3. The smallest absolute Gasteiger partial charge is 0.253 e. The molecule has 1 aromatic carbocycles. The lowest BCUT2D eigenvalue weighted by Crippen LogP contribution is -2.34. The number of amides is 2. The summed E-state index contributed by atoms with van der Waals surface area (Å²) in [5.74, 6) is 0.115. The van der Waals surface area contributed by atoms with Crippen molar-refractivity contribution in [3.8, 4) is 0 Å². The van der Waals surface area contributed by atoms with Crippen LogP contribution < -0.4 is 5.32 Å². The second-order valence-corrected chi connectivity index (χ2v) is 13.0. The molecule has 0 atom stereocenters. The zero-order valence-corrected chi connectivity index (χ0v) is 22.9. The third-order valence-corrected chi connectivity index (χ3v) is 5.81. The van der Waals surface area contributed by atoms with Gasteiger partial charge in [-0.15, -0.1) is 0 Å². The van der Waals surface area contributed by atoms with Gasteiger partial charge in [0.05, 0.1) is 0 Å². The van der Waals surface area contributed by atoms with E-state index in [9.17, 15) is 9.59 Å². The van der Waals surface area contributed by atoms with Gasteiger partial charge in [-0.05, 0) is 54.2 Å². The molecule has 1 N–H and O–H groups in total. The van der Waals surface area contributed by atoms with Crippen molar-refractivity contribution in [3.63, 3.8) is 0 Å². The third kappa shape index (κ3) is 12.8. The van der Waals surface area contributed by atoms with Gasteiger partial charge in [0.15, 0.2) is 0 Å². The first-order chi connectivity index (χ1) is 15.1. The molecule has 0 heterocycles. The van der Waals surface area contributed by atoms with E-state index in [2.05, 4.69) is 46.9 Å². The quantitative estimate of drug-likeness (QED) is 0.356. The Bertz CT molecular complexity index is 726. The first-order valence-corrected chi connectivity index (χ1v) is 12.7. The summed E-state index contributed by atoms with van der Waals surface area (Å²) in [4.78, 5) is 27.7. The Labute approximate surface area is 203 Å². The Hall–Kier alpha value is -1.84. The van der Waals surface area contributed by atoms with Crippen molar-refractivity contribution in [1.82, 2.24) is 10.2 Å². The van der Waals surface area contributed by atoms with Crippen molar-refractivity contribution in [1.29, 1.82) is 0 Å². The predicted molar refractivity (Wildman–Crippen MR) is 140 cm³/mol. The normalized spacial score (nSPS) is 12.5. The Morgan fingerprint density at radius 2 is 1.30 bits per heavy atom. The molecule has 33 heavy (non-hydrogen) atoms. The Kier molecular flexibility index (Phi) is 11.1. The molecule has 0 aliphatic carbocycles. The van der Waals surface area contributed by atoms with Crippen molar-refractivity contribution in [3.05, 3.63) is 35.4 Å². The molecule has 0 aliphatic rings. The maximum Gasteiger partial charge on any atom is 0.253 e. The monoisotopic (exact) mass is 458 g/mol. The van der Waals surface area contributed by atoms with Gasteiger partial charge < -0.3 is 10.2 Å². The third-order valence-electron chi connectivity index (χ3n) is 5.81. The van der Waals surface area contributed by atoms with Gasteiger partial charge in [0.25, 0.3) is 5.91 Å². The molecule has 0 bridgehead atoms. The zero-order valence-electron chi connectivity index (χ0n) is 22.9. The van der Waals surface area contributed by atoms with Crippen LogP contribution in [-0.2, 0) is 11.3 Å². The Balaban J connectivity index is 2.81. The number of nitrogens with one attached hydrogen (secondary N) is 1. The van der Waals surface area contributed by atoms with E-state index in [1.165, 1.54) is 12.8 Å². The highest BCUT2D eigenvalue weighted by molar-refractivity contribution is 5.94. The molecule has 0 fully saturated rings. The fraction of sp³-hybridized carbons (Fsp3) is 0.724. The molecule has 1 aromatic rings. The summed E-state index contributed by atoms with van der Waals surface area (Å²) in [7, 11) is 0. The maximum absolute atomic E-state index is 13.4. The topological polar surface area (TPSA) is 49.4 Å². The van der Waals surface area contributed by atoms with Crippen LogP contribution in [0, 0.1) is 16.2 Å². The molecule has 0 unspecified atom stereocenters. The van der Waals surface area contributed by atoms with E-state index >= 15 is 0 Å². The fourth-order valence-electron chi connectivity index (χ4n) is 3.68. The van der Waals surface area contributed by atoms with E-state index in [-0.39, 0.29) is 11.8 Å². The minimum absolute atomic E-state index is 0.0125. The van der Waals surface area contributed by atoms with Gasteiger partial charge >= 0.3 is 0 Å². The molecule has 2 amide bonds. The lowest BCUT2D eigenvalue weighted by Gasteiger charge is -2.25. The minimum Gasteiger partial charge on any atom is -0.352 e. The number of benzene rings is 1. The van der Waals surface area contributed by atoms with Crippen LogP contribution in [0.25, 0.3) is 0 Å². The molecule has 0 aliphatic heterocycles. The van der Waals surface area contributed by atoms with Crippen LogP contribution in [0.15, 0.2) is 24.3 Å². The van der Waals surface area contributed by atoms with Crippen LogP contribution in [0.1, 0.15) is 117 Å². The molecular weight excluding hydrogens is 408 g/mol. The fourth-order valence-corrected chi connectivity index (χ4v) is 3.68. The molecule has 188 valence electrons. The lowest BCUT2D eigenvalue weighted by molar-refractivity contribution is -0.128. The van der Waals surface area contributed by atoms with E-state index < -0.39 is 5.41 Å². The summed E-state index contributed by atoms with van der Waals surface area (Å²) in [6, 6.07) is 7.72. The van der Waals surface area contributed by atoms with Gasteiger partial charge in [0.2, 0.25) is 5.91 Å². The van der Waals surface area contributed by atoms with Gasteiger partial charge in [-0.1, -0.05) is 87.3 Å². The van der Waals surface area contributed by atoms with E-state index in [1.807, 2.05) is 49.9 Å². The summed E-state index contributed by atoms with van der Waals surface area (Å²) in [5, 5.41) is 2.98. The second kappa shape index (κ2) is 12.6. The summed E-state index contributed by atoms with van der Waals surface area (Å²) >= 11 is 0. The maximum atomic E-state index is 13.4. The SMILES string of the molecule is CC(C)(C)CCCCN(CCCCC(C)(C)C)C(=O)c1cccc(CNC(=O)C(C)(C)C)c1. The van der Waals surface area contributed by atoms with E-state index in [0.29, 0.717) is 22.9 Å². The molecular formula is C29H50N2O2. The lowest BCUT2D eigenvalue weighted by atomic mass is 9.89. The van der Waals surface area contributed by atoms with E-state index in [0.717, 1.165) is 44.3 Å². The number of rotatable bonds is 11. The van der Waals surface area contributed by atoms with Gasteiger partial charge in [-0.3, -0.25) is 9.59 Å². The van der Waals surface area contributed by atoms with Crippen molar-refractivity contribution >= 4 is 11.8 Å². The number of carbonyl (C=O) groups is 2. The van der Waals surface area contributed by atoms with Crippen LogP contribution >= 0.6 is 0 Å². The van der Waals surface area contributed by atoms with Crippen molar-refractivity contribution in [2.45, 2.75) is 107 Å². The second-order valence-electron chi connectivity index (χ2n) is 13.0. The number of carbonyl (C=O) groups excluding carboxylic acids is 2. The average molecular weight is 459 g/mol. The van der Waals surface area contributed by atoms with Crippen molar-refractivity contribution in [2.75, 3.05) is 13.1 Å². The van der Waals surface area contributed by atoms with Crippen molar-refractivity contribution in [2.24, 2.45) is 16.2 Å². The number of unbranched alkanes of at least 4 members (excludes halogenated alkanes) is 2. The largest absolute Gasteiger partial charge is 0.352 e. The molecule has 0 radical (unpaired) electrons. The standard InChI is InChI=1S/C29H50N2O2/c1-27(2,3)17-10-12-19-31(20-13-11-18-28(4,5)6)25(32)24-16-14-15-23(21-24)22-30-26(33)29(7,8)9/h14-16,21H,10-13,17-20,22H2,1-9H3,(H,30,33). The van der Waals surface area contributed by atoms with Gasteiger partial charge in [0.1, 0.15) is 0 Å². The highest BCUT2D eigenvalue weighted by atomic mass is 16.2. The molecule has 0 aromatic heterocycles. The molecule has 4 heteroatoms. The Morgan fingerprint density at radius 3 is 1.76 bits per heavy atom. The summed E-state index contributed by atoms with van der Waals surface area (Å²) in [6.07, 6.45) is 6.67. The summed E-state index contributed by atoms with van der Waals surface area (Å²) < 4.78 is 0. The molecule has 1 rings (SSSR count). The number of hydrogen-bond acceptors (Lipinski definition) is 2. The van der Waals surface area contributed by atoms with E-state index in [1.54, 1.807) is 0 Å². The minimum atomic E-state index is -0.426. The summed E-state index contributed by atoms with van der Waals surface area (Å²) in [5.41, 5.74) is 1.90. The molecule has 0 spiro atoms. The van der Waals surface area contributed by atoms with Crippen LogP contribution in [0.3, 0.4) is 0 Å². The molecule has 0 saturated heterocycles. The average Bonchev–Trinajstić information content (AvgIpc) is 2.68. The van der Waals surface area contributed by atoms with Crippen LogP contribution in [-0.4, -0.2) is 29.8 Å². The van der Waals surface area contributed by atoms with Crippen LogP contribution in [0.2, 0.25) is 0 Å². The Morgan fingerprint density at radius 1 is 0.788 bits per heavy atom. The first-order valence-electron chi connectivity index (χ1n) is 12.7. The number of hydrogen-bond donors (Lipinski definition) is 1. The highest BCUT2D eigenvalue weighted by Gasteiger charge is 2.21. The molecule has 0 saturated carbocycles. The van der Waals surface area contributed by atoms with Crippen LogP contribution in [0.5, 0.6) is 0 Å². The summed E-state index contributed by atoms with van der Waals surface area (Å²) in [6.45, 7) is 21.4. The number of nitrogens with zero attached hydrogens (tertiary/aromatic N) is 1. The van der Waals surface area contributed by atoms with Gasteiger partial charge in [-0.25, -0.2) is 0 Å². The van der Waals surface area contributed by atoms with Crippen molar-refractivity contribution < 1.29 is 9.59 Å². The van der Waals surface area contributed by atoms with Crippen LogP contribution in [0.4, 0.5) is 0 Å². The predicted octanol–water partition coefficient (Wildman–Crippen LogP) is 7.22. The van der Waals surface area contributed by atoms with Gasteiger partial charge in [0, 0.05) is 30.6 Å².